The van der Waals surface area contributed by atoms with Gasteiger partial charge in [0.25, 0.3) is 0 Å². The lowest BCUT2D eigenvalue weighted by Crippen LogP contribution is -2.47. The van der Waals surface area contributed by atoms with Gasteiger partial charge in [-0.1, -0.05) is 24.6 Å². The van der Waals surface area contributed by atoms with Gasteiger partial charge in [0.05, 0.1) is 17.5 Å². The number of halogens is 4. The molecule has 0 heterocycles. The number of rotatable bonds is 6. The first kappa shape index (κ1) is 22.0. The summed E-state index contributed by atoms with van der Waals surface area (Å²) in [5, 5.41) is 2.76. The van der Waals surface area contributed by atoms with Gasteiger partial charge in [0.1, 0.15) is 6.04 Å². The zero-order chi connectivity index (χ0) is 21.1. The number of anilines is 2. The number of amides is 1. The van der Waals surface area contributed by atoms with Crippen molar-refractivity contribution in [2.24, 2.45) is 0 Å². The Morgan fingerprint density at radius 3 is 2.29 bits per heavy atom. The van der Waals surface area contributed by atoms with Crippen molar-refractivity contribution in [2.75, 3.05) is 15.9 Å². The monoisotopic (exact) mass is 434 g/mol. The van der Waals surface area contributed by atoms with E-state index in [1.54, 1.807) is 6.92 Å². The van der Waals surface area contributed by atoms with E-state index in [0.29, 0.717) is 5.02 Å². The van der Waals surface area contributed by atoms with E-state index in [-0.39, 0.29) is 17.8 Å². The fourth-order valence-corrected chi connectivity index (χ4v) is 3.98. The molecule has 1 atom stereocenters. The standard InChI is InChI=1S/C18H18ClF3N2O3S/c1-3-16(24(28(2,26)27)15-9-7-13(19)8-10-15)17(25)23-14-6-4-5-12(11-14)18(20,21)22/h4-11,16H,3H2,1-2H3,(H,23,25)/t16-/m1/s1. The first-order valence-corrected chi connectivity index (χ1v) is 10.4. The third-order valence-electron chi connectivity index (χ3n) is 3.87. The Hall–Kier alpha value is -2.26. The molecule has 0 spiro atoms. The van der Waals surface area contributed by atoms with Crippen LogP contribution in [0.1, 0.15) is 18.9 Å². The summed E-state index contributed by atoms with van der Waals surface area (Å²) in [5.74, 6) is -0.748. The van der Waals surface area contributed by atoms with E-state index in [0.717, 1.165) is 28.8 Å². The van der Waals surface area contributed by atoms with Gasteiger partial charge in [0.15, 0.2) is 0 Å². The van der Waals surface area contributed by atoms with Gasteiger partial charge in [0.2, 0.25) is 15.9 Å². The van der Waals surface area contributed by atoms with E-state index < -0.39 is 33.7 Å². The van der Waals surface area contributed by atoms with Gasteiger partial charge in [-0.25, -0.2) is 8.42 Å². The first-order valence-electron chi connectivity index (χ1n) is 8.16. The zero-order valence-electron chi connectivity index (χ0n) is 15.0. The molecule has 0 bridgehead atoms. The Kier molecular flexibility index (Phi) is 6.61. The molecule has 0 unspecified atom stereocenters. The fraction of sp³-hybridized carbons (Fsp3) is 0.278. The molecule has 1 amide bonds. The van der Waals surface area contributed by atoms with Crippen molar-refractivity contribution in [1.82, 2.24) is 0 Å². The van der Waals surface area contributed by atoms with Crippen LogP contribution in [-0.2, 0) is 21.0 Å². The molecule has 0 saturated carbocycles. The Morgan fingerprint density at radius 1 is 1.18 bits per heavy atom. The van der Waals surface area contributed by atoms with Crippen LogP contribution in [0.3, 0.4) is 0 Å². The number of hydrogen-bond donors (Lipinski definition) is 1. The second-order valence-electron chi connectivity index (χ2n) is 6.03. The van der Waals surface area contributed by atoms with Crippen molar-refractivity contribution in [3.63, 3.8) is 0 Å². The van der Waals surface area contributed by atoms with Gasteiger partial charge in [-0.3, -0.25) is 9.10 Å². The summed E-state index contributed by atoms with van der Waals surface area (Å²) in [6.07, 6.45) is -3.52. The lowest BCUT2D eigenvalue weighted by Gasteiger charge is -2.30. The number of alkyl halides is 3. The summed E-state index contributed by atoms with van der Waals surface area (Å²) in [6.45, 7) is 1.60. The van der Waals surface area contributed by atoms with Crippen molar-refractivity contribution in [2.45, 2.75) is 25.6 Å². The summed E-state index contributed by atoms with van der Waals surface area (Å²) < 4.78 is 64.1. The van der Waals surface area contributed by atoms with Crippen molar-refractivity contribution in [1.29, 1.82) is 0 Å². The number of benzene rings is 2. The highest BCUT2D eigenvalue weighted by molar-refractivity contribution is 7.92. The van der Waals surface area contributed by atoms with Crippen LogP contribution in [0.5, 0.6) is 0 Å². The number of carbonyl (C=O) groups excluding carboxylic acids is 1. The molecule has 2 rings (SSSR count). The molecule has 2 aromatic rings. The van der Waals surface area contributed by atoms with Crippen LogP contribution in [0.25, 0.3) is 0 Å². The van der Waals surface area contributed by atoms with Gasteiger partial charge in [-0.05, 0) is 48.9 Å². The van der Waals surface area contributed by atoms with Crippen LogP contribution in [0.15, 0.2) is 48.5 Å². The number of nitrogens with one attached hydrogen (secondary N) is 1. The molecule has 2 aromatic carbocycles. The lowest BCUT2D eigenvalue weighted by molar-refractivity contribution is -0.137. The second kappa shape index (κ2) is 8.40. The van der Waals surface area contributed by atoms with Crippen LogP contribution >= 0.6 is 11.6 Å². The minimum atomic E-state index is -4.56. The van der Waals surface area contributed by atoms with Crippen LogP contribution < -0.4 is 9.62 Å². The van der Waals surface area contributed by atoms with Crippen LogP contribution in [0.2, 0.25) is 5.02 Å². The maximum Gasteiger partial charge on any atom is 0.416 e. The van der Waals surface area contributed by atoms with Crippen LogP contribution in [0, 0.1) is 0 Å². The molecule has 0 aliphatic heterocycles. The SMILES string of the molecule is CC[C@H](C(=O)Nc1cccc(C(F)(F)F)c1)N(c1ccc(Cl)cc1)S(C)(=O)=O. The van der Waals surface area contributed by atoms with Gasteiger partial charge in [-0.2, -0.15) is 13.2 Å². The zero-order valence-corrected chi connectivity index (χ0v) is 16.6. The Balaban J connectivity index is 2.36. The van der Waals surface area contributed by atoms with E-state index in [4.69, 9.17) is 11.6 Å². The van der Waals surface area contributed by atoms with Crippen molar-refractivity contribution in [3.8, 4) is 0 Å². The summed E-state index contributed by atoms with van der Waals surface area (Å²) in [4.78, 5) is 12.7. The highest BCUT2D eigenvalue weighted by Crippen LogP contribution is 2.31. The summed E-state index contributed by atoms with van der Waals surface area (Å²) in [5.41, 5.74) is -0.781. The van der Waals surface area contributed by atoms with E-state index in [2.05, 4.69) is 5.32 Å². The maximum atomic E-state index is 12.9. The molecule has 0 fully saturated rings. The number of nitrogens with zero attached hydrogens (tertiary/aromatic N) is 1. The van der Waals surface area contributed by atoms with Crippen molar-refractivity contribution >= 4 is 38.9 Å². The number of sulfonamides is 1. The second-order valence-corrected chi connectivity index (χ2v) is 8.32. The average Bonchev–Trinajstić information content (AvgIpc) is 2.59. The minimum Gasteiger partial charge on any atom is -0.324 e. The predicted octanol–water partition coefficient (Wildman–Crippen LogP) is 4.54. The highest BCUT2D eigenvalue weighted by atomic mass is 35.5. The molecule has 28 heavy (non-hydrogen) atoms. The molecular formula is C18H18ClF3N2O3S. The highest BCUT2D eigenvalue weighted by Gasteiger charge is 2.33. The number of carbonyl (C=O) groups is 1. The Labute approximate surface area is 166 Å². The fourth-order valence-electron chi connectivity index (χ4n) is 2.65. The summed E-state index contributed by atoms with van der Waals surface area (Å²) >= 11 is 5.83. The van der Waals surface area contributed by atoms with Crippen molar-refractivity contribution in [3.05, 3.63) is 59.1 Å². The molecule has 152 valence electrons. The maximum absolute atomic E-state index is 12.9. The summed E-state index contributed by atoms with van der Waals surface area (Å²) in [6, 6.07) is 8.82. The van der Waals surface area contributed by atoms with Gasteiger partial charge >= 0.3 is 6.18 Å². The van der Waals surface area contributed by atoms with E-state index >= 15 is 0 Å². The molecule has 0 aliphatic carbocycles. The average molecular weight is 435 g/mol. The largest absolute Gasteiger partial charge is 0.416 e. The molecule has 10 heteroatoms. The molecule has 0 aliphatic rings. The van der Waals surface area contributed by atoms with Gasteiger partial charge < -0.3 is 5.32 Å². The lowest BCUT2D eigenvalue weighted by atomic mass is 10.1. The van der Waals surface area contributed by atoms with Crippen molar-refractivity contribution < 1.29 is 26.4 Å². The van der Waals surface area contributed by atoms with Gasteiger partial charge in [-0.15, -0.1) is 0 Å². The van der Waals surface area contributed by atoms with E-state index in [1.807, 2.05) is 0 Å². The molecular weight excluding hydrogens is 417 g/mol. The van der Waals surface area contributed by atoms with Gasteiger partial charge in [0, 0.05) is 10.7 Å². The normalized spacial score (nSPS) is 13.1. The third-order valence-corrected chi connectivity index (χ3v) is 5.30. The topological polar surface area (TPSA) is 66.5 Å². The quantitative estimate of drug-likeness (QED) is 0.725. The molecule has 0 radical (unpaired) electrons. The van der Waals surface area contributed by atoms with Crippen LogP contribution in [0.4, 0.5) is 24.5 Å². The predicted molar refractivity (Wildman–Crippen MR) is 103 cm³/mol. The molecule has 1 N–H and O–H groups in total. The Bertz CT molecular complexity index is 947. The van der Waals surface area contributed by atoms with Crippen LogP contribution in [-0.4, -0.2) is 26.6 Å². The van der Waals surface area contributed by atoms with E-state index in [9.17, 15) is 26.4 Å². The molecule has 5 nitrogen and oxygen atoms in total. The first-order chi connectivity index (χ1) is 12.9. The summed E-state index contributed by atoms with van der Waals surface area (Å²) in [7, 11) is -3.86. The Morgan fingerprint density at radius 2 is 1.79 bits per heavy atom. The molecule has 0 aromatic heterocycles. The third kappa shape index (κ3) is 5.39. The number of hydrogen-bond acceptors (Lipinski definition) is 3. The van der Waals surface area contributed by atoms with E-state index in [1.165, 1.54) is 30.3 Å². The molecule has 0 saturated heterocycles. The minimum absolute atomic E-state index is 0.0807. The smallest absolute Gasteiger partial charge is 0.324 e.